The van der Waals surface area contributed by atoms with Crippen LogP contribution in [0.3, 0.4) is 0 Å². The van der Waals surface area contributed by atoms with Gasteiger partial charge in [0.1, 0.15) is 6.10 Å². The van der Waals surface area contributed by atoms with Crippen molar-refractivity contribution >= 4 is 5.97 Å². The lowest BCUT2D eigenvalue weighted by Gasteiger charge is -2.60. The first-order valence-corrected chi connectivity index (χ1v) is 12.8. The smallest absolute Gasteiger partial charge is 0.309 e. The predicted molar refractivity (Wildman–Crippen MR) is 114 cm³/mol. The quantitative estimate of drug-likeness (QED) is 0.587. The van der Waals surface area contributed by atoms with Gasteiger partial charge in [-0.15, -0.1) is 0 Å². The first-order valence-electron chi connectivity index (χ1n) is 12.8. The van der Waals surface area contributed by atoms with Crippen molar-refractivity contribution in [1.82, 2.24) is 0 Å². The maximum absolute atomic E-state index is 12.9. The van der Waals surface area contributed by atoms with Gasteiger partial charge in [0, 0.05) is 5.41 Å². The van der Waals surface area contributed by atoms with Gasteiger partial charge in [-0.25, -0.2) is 0 Å². The molecule has 0 saturated heterocycles. The highest BCUT2D eigenvalue weighted by atomic mass is 16.5. The lowest BCUT2D eigenvalue weighted by atomic mass is 9.45. The lowest BCUT2D eigenvalue weighted by Crippen LogP contribution is -2.54. The minimum absolute atomic E-state index is 0.0615. The summed E-state index contributed by atoms with van der Waals surface area (Å²) in [6, 6.07) is 0. The number of ether oxygens (including phenoxy) is 1. The van der Waals surface area contributed by atoms with E-state index in [-0.39, 0.29) is 29.5 Å². The van der Waals surface area contributed by atoms with Crippen molar-refractivity contribution in [2.45, 2.75) is 116 Å². The minimum atomic E-state index is -0.0615. The fourth-order valence-corrected chi connectivity index (χ4v) is 8.96. The molecule has 0 spiro atoms. The number of aliphatic hydroxyl groups excluding tert-OH is 1. The summed E-state index contributed by atoms with van der Waals surface area (Å²) in [5, 5.41) is 10.2. The van der Waals surface area contributed by atoms with Crippen molar-refractivity contribution in [3.05, 3.63) is 0 Å². The van der Waals surface area contributed by atoms with Gasteiger partial charge in [0.25, 0.3) is 0 Å². The molecule has 0 bridgehead atoms. The summed E-state index contributed by atoms with van der Waals surface area (Å²) in [6.45, 7) is 5.01. The molecule has 5 unspecified atom stereocenters. The van der Waals surface area contributed by atoms with E-state index in [4.69, 9.17) is 4.74 Å². The van der Waals surface area contributed by atoms with Crippen LogP contribution in [0.2, 0.25) is 0 Å². The summed E-state index contributed by atoms with van der Waals surface area (Å²) in [5.74, 6) is 3.37. The lowest BCUT2D eigenvalue weighted by molar-refractivity contribution is -0.170. The molecule has 5 aliphatic carbocycles. The van der Waals surface area contributed by atoms with E-state index in [2.05, 4.69) is 13.8 Å². The normalized spacial score (nSPS) is 50.3. The van der Waals surface area contributed by atoms with E-state index in [0.29, 0.717) is 5.41 Å². The van der Waals surface area contributed by atoms with Gasteiger partial charge in [0.2, 0.25) is 0 Å². The van der Waals surface area contributed by atoms with Gasteiger partial charge in [0.15, 0.2) is 0 Å². The Morgan fingerprint density at radius 1 is 0.828 bits per heavy atom. The Labute approximate surface area is 177 Å². The molecule has 0 amide bonds. The topological polar surface area (TPSA) is 46.5 Å². The van der Waals surface area contributed by atoms with Gasteiger partial charge in [-0.05, 0) is 99.7 Å². The van der Waals surface area contributed by atoms with Crippen molar-refractivity contribution in [3.63, 3.8) is 0 Å². The summed E-state index contributed by atoms with van der Waals surface area (Å²) in [6.07, 6.45) is 16.6. The molecule has 0 radical (unpaired) electrons. The third-order valence-corrected chi connectivity index (χ3v) is 10.7. The Bertz CT molecular complexity index is 625. The van der Waals surface area contributed by atoms with Crippen LogP contribution in [0, 0.1) is 40.4 Å². The van der Waals surface area contributed by atoms with Gasteiger partial charge < -0.3 is 9.84 Å². The van der Waals surface area contributed by atoms with Crippen LogP contribution < -0.4 is 0 Å². The molecule has 164 valence electrons. The SMILES string of the molecule is C[C@@]12CCC3C(CC[C@@H]4CC(O)CC[C@@]34C)C1CCC2OC(=O)C1CCCCC1. The fraction of sp³-hybridized carbons (Fsp3) is 0.962. The second-order valence-corrected chi connectivity index (χ2v) is 12.0. The van der Waals surface area contributed by atoms with Crippen LogP contribution in [0.25, 0.3) is 0 Å². The van der Waals surface area contributed by atoms with E-state index < -0.39 is 0 Å². The zero-order valence-corrected chi connectivity index (χ0v) is 18.7. The Kier molecular flexibility index (Phi) is 5.28. The Hall–Kier alpha value is -0.570. The standard InChI is InChI=1S/C26H42O3/c1-25-14-12-19(27)16-18(25)8-9-20-21-10-11-23(26(21,2)15-13-22(20)25)29-24(28)17-6-4-3-5-7-17/h17-23,27H,3-16H2,1-2H3/t18-,19?,20?,21?,22?,23?,25-,26-/m1/s1. The van der Waals surface area contributed by atoms with Crippen molar-refractivity contribution in [3.8, 4) is 0 Å². The van der Waals surface area contributed by atoms with Crippen LogP contribution in [-0.2, 0) is 9.53 Å². The zero-order valence-electron chi connectivity index (χ0n) is 18.7. The van der Waals surface area contributed by atoms with Crippen LogP contribution in [0.4, 0.5) is 0 Å². The highest BCUT2D eigenvalue weighted by Gasteiger charge is 2.61. The van der Waals surface area contributed by atoms with Crippen LogP contribution in [0.15, 0.2) is 0 Å². The summed E-state index contributed by atoms with van der Waals surface area (Å²) < 4.78 is 6.28. The first-order chi connectivity index (χ1) is 13.9. The average molecular weight is 403 g/mol. The molecule has 8 atom stereocenters. The minimum Gasteiger partial charge on any atom is -0.462 e. The average Bonchev–Trinajstić information content (AvgIpc) is 3.05. The number of carbonyl (C=O) groups is 1. The molecule has 0 aromatic rings. The van der Waals surface area contributed by atoms with E-state index in [0.717, 1.165) is 55.8 Å². The third kappa shape index (κ3) is 3.29. The van der Waals surface area contributed by atoms with Gasteiger partial charge in [-0.1, -0.05) is 33.1 Å². The Balaban J connectivity index is 1.30. The maximum atomic E-state index is 12.9. The van der Waals surface area contributed by atoms with Gasteiger partial charge in [0.05, 0.1) is 12.0 Å². The molecular formula is C26H42O3. The summed E-state index contributed by atoms with van der Waals surface area (Å²) in [7, 11) is 0. The van der Waals surface area contributed by atoms with Gasteiger partial charge in [-0.2, -0.15) is 0 Å². The fourth-order valence-electron chi connectivity index (χ4n) is 8.96. The molecule has 5 aliphatic rings. The van der Waals surface area contributed by atoms with Crippen LogP contribution in [-0.4, -0.2) is 23.3 Å². The number of rotatable bonds is 2. The number of esters is 1. The van der Waals surface area contributed by atoms with Gasteiger partial charge >= 0.3 is 5.97 Å². The maximum Gasteiger partial charge on any atom is 0.309 e. The molecule has 0 heterocycles. The van der Waals surface area contributed by atoms with Crippen molar-refractivity contribution in [2.24, 2.45) is 40.4 Å². The summed E-state index contributed by atoms with van der Waals surface area (Å²) in [4.78, 5) is 12.9. The van der Waals surface area contributed by atoms with Crippen molar-refractivity contribution in [2.75, 3.05) is 0 Å². The number of carbonyl (C=O) groups excluding carboxylic acids is 1. The molecule has 3 nitrogen and oxygen atoms in total. The second kappa shape index (κ2) is 7.53. The molecule has 1 N–H and O–H groups in total. The zero-order chi connectivity index (χ0) is 20.2. The molecule has 5 saturated carbocycles. The van der Waals surface area contributed by atoms with E-state index in [9.17, 15) is 9.90 Å². The van der Waals surface area contributed by atoms with E-state index >= 15 is 0 Å². The molecule has 29 heavy (non-hydrogen) atoms. The van der Waals surface area contributed by atoms with E-state index in [1.807, 2.05) is 0 Å². The molecule has 0 aromatic carbocycles. The van der Waals surface area contributed by atoms with Crippen LogP contribution >= 0.6 is 0 Å². The van der Waals surface area contributed by atoms with Gasteiger partial charge in [-0.3, -0.25) is 4.79 Å². The molecule has 0 aromatic heterocycles. The Morgan fingerprint density at radius 2 is 1.55 bits per heavy atom. The monoisotopic (exact) mass is 402 g/mol. The molecule has 3 heteroatoms. The van der Waals surface area contributed by atoms with Crippen LogP contribution in [0.5, 0.6) is 0 Å². The van der Waals surface area contributed by atoms with Crippen molar-refractivity contribution in [1.29, 1.82) is 0 Å². The van der Waals surface area contributed by atoms with Crippen LogP contribution in [0.1, 0.15) is 104 Å². The first kappa shape index (κ1) is 20.3. The number of hydrogen-bond acceptors (Lipinski definition) is 3. The molecular weight excluding hydrogens is 360 g/mol. The summed E-state index contributed by atoms with van der Waals surface area (Å²) in [5.41, 5.74) is 0.628. The molecule has 5 fully saturated rings. The highest BCUT2D eigenvalue weighted by Crippen LogP contribution is 2.66. The van der Waals surface area contributed by atoms with E-state index in [1.54, 1.807) is 0 Å². The molecule has 0 aliphatic heterocycles. The number of fused-ring (bicyclic) bond motifs is 5. The highest BCUT2D eigenvalue weighted by molar-refractivity contribution is 5.72. The van der Waals surface area contributed by atoms with E-state index in [1.165, 1.54) is 57.8 Å². The third-order valence-electron chi connectivity index (χ3n) is 10.7. The predicted octanol–water partition coefficient (Wildman–Crippen LogP) is 5.88. The largest absolute Gasteiger partial charge is 0.462 e. The molecule has 5 rings (SSSR count). The number of hydrogen-bond donors (Lipinski definition) is 1. The van der Waals surface area contributed by atoms with Crippen molar-refractivity contribution < 1.29 is 14.6 Å². The second-order valence-electron chi connectivity index (χ2n) is 12.0. The summed E-state index contributed by atoms with van der Waals surface area (Å²) >= 11 is 0. The number of aliphatic hydroxyl groups is 1. The Morgan fingerprint density at radius 3 is 2.34 bits per heavy atom.